The summed E-state index contributed by atoms with van der Waals surface area (Å²) in [5, 5.41) is 9.69. The molecule has 0 atom stereocenters. The van der Waals surface area contributed by atoms with Crippen LogP contribution in [0.15, 0.2) is 41.1 Å². The molecule has 0 unspecified atom stereocenters. The van der Waals surface area contributed by atoms with Crippen LogP contribution in [0.2, 0.25) is 0 Å². The number of anilines is 1. The minimum Gasteiger partial charge on any atom is -0.466 e. The predicted molar refractivity (Wildman–Crippen MR) is 78.0 cm³/mol. The number of pyridine rings is 1. The van der Waals surface area contributed by atoms with Gasteiger partial charge in [0.25, 0.3) is 5.91 Å². The van der Waals surface area contributed by atoms with E-state index < -0.39 is 0 Å². The molecule has 0 aliphatic heterocycles. The summed E-state index contributed by atoms with van der Waals surface area (Å²) in [7, 11) is 0. The topological polar surface area (TPSA) is 83.8 Å². The molecule has 3 heterocycles. The molecule has 0 aliphatic carbocycles. The quantitative estimate of drug-likeness (QED) is 0.773. The minimum absolute atomic E-state index is 0.242. The third kappa shape index (κ3) is 2.69. The SMILES string of the molecule is Cc1cc(C(=O)Nc2cc(-c3cccnc3)[nH]n2)c(C)o1. The number of aromatic nitrogens is 3. The predicted octanol–water partition coefficient (Wildman–Crippen LogP) is 2.93. The smallest absolute Gasteiger partial charge is 0.260 e. The van der Waals surface area contributed by atoms with E-state index in [0.717, 1.165) is 11.3 Å². The molecule has 0 radical (unpaired) electrons. The van der Waals surface area contributed by atoms with Gasteiger partial charge in [0.05, 0.1) is 11.3 Å². The first kappa shape index (κ1) is 13.1. The van der Waals surface area contributed by atoms with E-state index in [1.54, 1.807) is 38.4 Å². The number of hydrogen-bond acceptors (Lipinski definition) is 4. The van der Waals surface area contributed by atoms with Gasteiger partial charge in [-0.25, -0.2) is 0 Å². The summed E-state index contributed by atoms with van der Waals surface area (Å²) in [4.78, 5) is 16.2. The number of hydrogen-bond donors (Lipinski definition) is 2. The van der Waals surface area contributed by atoms with Crippen molar-refractivity contribution in [3.63, 3.8) is 0 Å². The van der Waals surface area contributed by atoms with Gasteiger partial charge in [-0.05, 0) is 32.0 Å². The van der Waals surface area contributed by atoms with Gasteiger partial charge in [0.1, 0.15) is 11.5 Å². The molecule has 0 fully saturated rings. The Morgan fingerprint density at radius 3 is 2.86 bits per heavy atom. The van der Waals surface area contributed by atoms with E-state index in [9.17, 15) is 4.79 Å². The fraction of sp³-hybridized carbons (Fsp3) is 0.133. The van der Waals surface area contributed by atoms with Crippen molar-refractivity contribution >= 4 is 11.7 Å². The number of aromatic amines is 1. The second-order valence-corrected chi connectivity index (χ2v) is 4.69. The standard InChI is InChI=1S/C15H14N4O2/c1-9-6-12(10(2)21-9)15(20)17-14-7-13(18-19-14)11-4-3-5-16-8-11/h3-8H,1-2H3,(H2,17,18,19,20). The van der Waals surface area contributed by atoms with E-state index in [2.05, 4.69) is 20.5 Å². The zero-order chi connectivity index (χ0) is 14.8. The fourth-order valence-corrected chi connectivity index (χ4v) is 2.10. The Morgan fingerprint density at radius 2 is 2.19 bits per heavy atom. The van der Waals surface area contributed by atoms with E-state index in [4.69, 9.17) is 4.42 Å². The lowest BCUT2D eigenvalue weighted by Crippen LogP contribution is -2.12. The lowest BCUT2D eigenvalue weighted by Gasteiger charge is -1.99. The third-order valence-corrected chi connectivity index (χ3v) is 3.08. The average Bonchev–Trinajstić information content (AvgIpc) is 3.06. The molecule has 3 aromatic rings. The highest BCUT2D eigenvalue weighted by atomic mass is 16.3. The highest BCUT2D eigenvalue weighted by Crippen LogP contribution is 2.20. The van der Waals surface area contributed by atoms with Crippen molar-refractivity contribution in [1.82, 2.24) is 15.2 Å². The van der Waals surface area contributed by atoms with Crippen LogP contribution in [0, 0.1) is 13.8 Å². The molecule has 6 nitrogen and oxygen atoms in total. The monoisotopic (exact) mass is 282 g/mol. The molecular weight excluding hydrogens is 268 g/mol. The number of rotatable bonds is 3. The van der Waals surface area contributed by atoms with Gasteiger partial charge in [-0.15, -0.1) is 0 Å². The molecule has 1 amide bonds. The molecule has 0 spiro atoms. The first-order valence-electron chi connectivity index (χ1n) is 6.47. The highest BCUT2D eigenvalue weighted by molar-refractivity contribution is 6.04. The molecule has 2 N–H and O–H groups in total. The maximum Gasteiger partial charge on any atom is 0.260 e. The first-order valence-corrected chi connectivity index (χ1v) is 6.47. The van der Waals surface area contributed by atoms with E-state index in [1.807, 2.05) is 12.1 Å². The van der Waals surface area contributed by atoms with Gasteiger partial charge in [-0.1, -0.05) is 0 Å². The van der Waals surface area contributed by atoms with Crippen molar-refractivity contribution in [2.24, 2.45) is 0 Å². The third-order valence-electron chi connectivity index (χ3n) is 3.08. The van der Waals surface area contributed by atoms with Crippen LogP contribution in [-0.4, -0.2) is 21.1 Å². The Labute approximate surface area is 121 Å². The number of nitrogens with zero attached hydrogens (tertiary/aromatic N) is 2. The van der Waals surface area contributed by atoms with Gasteiger partial charge in [0.15, 0.2) is 5.82 Å². The van der Waals surface area contributed by atoms with Gasteiger partial charge in [-0.2, -0.15) is 5.10 Å². The second kappa shape index (κ2) is 5.24. The number of amides is 1. The van der Waals surface area contributed by atoms with Crippen molar-refractivity contribution in [2.75, 3.05) is 5.32 Å². The minimum atomic E-state index is -0.242. The van der Waals surface area contributed by atoms with Crippen LogP contribution in [0.1, 0.15) is 21.9 Å². The molecule has 0 aliphatic rings. The number of carbonyl (C=O) groups is 1. The molecular formula is C15H14N4O2. The van der Waals surface area contributed by atoms with E-state index in [-0.39, 0.29) is 5.91 Å². The van der Waals surface area contributed by atoms with Gasteiger partial charge in [0, 0.05) is 24.0 Å². The maximum atomic E-state index is 12.2. The van der Waals surface area contributed by atoms with E-state index in [1.165, 1.54) is 0 Å². The summed E-state index contributed by atoms with van der Waals surface area (Å²) in [5.41, 5.74) is 2.21. The first-order chi connectivity index (χ1) is 10.1. The number of furan rings is 1. The molecule has 3 aromatic heterocycles. The van der Waals surface area contributed by atoms with Crippen molar-refractivity contribution in [2.45, 2.75) is 13.8 Å². The van der Waals surface area contributed by atoms with Crippen LogP contribution in [0.5, 0.6) is 0 Å². The van der Waals surface area contributed by atoms with Crippen molar-refractivity contribution < 1.29 is 9.21 Å². The number of nitrogens with one attached hydrogen (secondary N) is 2. The lowest BCUT2D eigenvalue weighted by atomic mass is 10.2. The number of carbonyl (C=O) groups excluding carboxylic acids is 1. The van der Waals surface area contributed by atoms with Crippen molar-refractivity contribution in [3.8, 4) is 11.3 Å². The van der Waals surface area contributed by atoms with Crippen LogP contribution in [-0.2, 0) is 0 Å². The van der Waals surface area contributed by atoms with Crippen molar-refractivity contribution in [1.29, 1.82) is 0 Å². The maximum absolute atomic E-state index is 12.2. The Morgan fingerprint density at radius 1 is 1.33 bits per heavy atom. The normalized spacial score (nSPS) is 10.6. The van der Waals surface area contributed by atoms with Gasteiger partial charge < -0.3 is 9.73 Å². The van der Waals surface area contributed by atoms with Gasteiger partial charge in [0.2, 0.25) is 0 Å². The number of H-pyrrole nitrogens is 1. The molecule has 21 heavy (non-hydrogen) atoms. The summed E-state index contributed by atoms with van der Waals surface area (Å²) < 4.78 is 5.35. The summed E-state index contributed by atoms with van der Waals surface area (Å²) >= 11 is 0. The Balaban J connectivity index is 1.79. The zero-order valence-electron chi connectivity index (χ0n) is 11.7. The molecule has 0 aromatic carbocycles. The Kier molecular flexibility index (Phi) is 3.27. The largest absolute Gasteiger partial charge is 0.466 e. The van der Waals surface area contributed by atoms with E-state index in [0.29, 0.717) is 22.9 Å². The second-order valence-electron chi connectivity index (χ2n) is 4.69. The summed E-state index contributed by atoms with van der Waals surface area (Å²) in [6.07, 6.45) is 3.43. The number of aryl methyl sites for hydroxylation is 2. The fourth-order valence-electron chi connectivity index (χ4n) is 2.10. The Bertz CT molecular complexity index is 774. The zero-order valence-corrected chi connectivity index (χ0v) is 11.7. The molecule has 6 heteroatoms. The molecule has 0 saturated heterocycles. The van der Waals surface area contributed by atoms with Crippen LogP contribution in [0.4, 0.5) is 5.82 Å². The Hall–Kier alpha value is -2.89. The van der Waals surface area contributed by atoms with Crippen LogP contribution < -0.4 is 5.32 Å². The summed E-state index contributed by atoms with van der Waals surface area (Å²) in [6.45, 7) is 3.56. The van der Waals surface area contributed by atoms with Crippen molar-refractivity contribution in [3.05, 3.63) is 53.7 Å². The van der Waals surface area contributed by atoms with Gasteiger partial charge in [-0.3, -0.25) is 14.9 Å². The molecule has 106 valence electrons. The summed E-state index contributed by atoms with van der Waals surface area (Å²) in [5.74, 6) is 1.51. The summed E-state index contributed by atoms with van der Waals surface area (Å²) in [6, 6.07) is 7.22. The molecule has 3 rings (SSSR count). The highest BCUT2D eigenvalue weighted by Gasteiger charge is 2.15. The lowest BCUT2D eigenvalue weighted by molar-refractivity contribution is 0.102. The van der Waals surface area contributed by atoms with Gasteiger partial charge >= 0.3 is 0 Å². The molecule has 0 saturated carbocycles. The average molecular weight is 282 g/mol. The van der Waals surface area contributed by atoms with Crippen LogP contribution in [0.25, 0.3) is 11.3 Å². The van der Waals surface area contributed by atoms with Crippen LogP contribution in [0.3, 0.4) is 0 Å². The van der Waals surface area contributed by atoms with Crippen LogP contribution >= 0.6 is 0 Å². The molecule has 0 bridgehead atoms. The van der Waals surface area contributed by atoms with E-state index >= 15 is 0 Å².